The number of aromatic nitrogens is 1. The molecule has 1 aromatic carbocycles. The van der Waals surface area contributed by atoms with E-state index < -0.39 is 0 Å². The third-order valence-corrected chi connectivity index (χ3v) is 6.47. The average Bonchev–Trinajstić information content (AvgIpc) is 2.93. The van der Waals surface area contributed by atoms with Crippen molar-refractivity contribution >= 4 is 17.2 Å². The van der Waals surface area contributed by atoms with Crippen molar-refractivity contribution in [2.24, 2.45) is 0 Å². The van der Waals surface area contributed by atoms with Crippen LogP contribution in [0.2, 0.25) is 5.02 Å². The Bertz CT molecular complexity index is 1000. The molecular weight excluding hydrogens is 402 g/mol. The lowest BCUT2D eigenvalue weighted by Gasteiger charge is -2.39. The van der Waals surface area contributed by atoms with Gasteiger partial charge < -0.3 is 10.6 Å². The minimum atomic E-state index is 0.136. The third-order valence-electron chi connectivity index (χ3n) is 6.23. The van der Waals surface area contributed by atoms with Crippen molar-refractivity contribution in [2.75, 3.05) is 13.1 Å². The van der Waals surface area contributed by atoms with Gasteiger partial charge in [0.15, 0.2) is 0 Å². The zero-order valence-electron chi connectivity index (χ0n) is 18.5. The number of fused-ring (bicyclic) bond motifs is 2. The van der Waals surface area contributed by atoms with Crippen LogP contribution in [0.5, 0.6) is 0 Å². The predicted molar refractivity (Wildman–Crippen MR) is 131 cm³/mol. The third kappa shape index (κ3) is 5.28. The molecule has 0 saturated carbocycles. The molecule has 4 heteroatoms. The highest BCUT2D eigenvalue weighted by atomic mass is 35.5. The molecule has 1 aromatic heterocycles. The number of hydrogen-bond donors (Lipinski definition) is 1. The maximum Gasteiger partial charge on any atom is 0.0409 e. The van der Waals surface area contributed by atoms with Crippen LogP contribution in [0.4, 0.5) is 0 Å². The van der Waals surface area contributed by atoms with Crippen LogP contribution in [0.25, 0.3) is 10.9 Å². The van der Waals surface area contributed by atoms with Crippen LogP contribution in [0.15, 0.2) is 71.7 Å². The lowest BCUT2D eigenvalue weighted by Crippen LogP contribution is -2.20. The fourth-order valence-corrected chi connectivity index (χ4v) is 4.85. The van der Waals surface area contributed by atoms with E-state index in [1.165, 1.54) is 39.0 Å². The van der Waals surface area contributed by atoms with Gasteiger partial charge in [-0.3, -0.25) is 4.98 Å². The Labute approximate surface area is 191 Å². The minimum absolute atomic E-state index is 0.136. The standard InChI is InChI=1S/C27H31ClN3/c1-3-21(11-14-29-13-10-20-5-4-12-30-18-20)26-25-9-8-24(28)16-22(25)6-7-23-15-19(2)17-31-27(23)26/h4-5,8-9,12,15-18,27,29H,3,6-7,10-11,13-14H2,1-2H3/q-1/b26-21+. The number of nitrogens with zero attached hydrogens (tertiary/aromatic N) is 2. The SMILES string of the molecule is CC/C(CCNCCc1cccnc1)=C1/c2ccc(Cl)cc2CCC2=CC(C)=C[N-]C21. The first-order valence-corrected chi connectivity index (χ1v) is 11.7. The van der Waals surface area contributed by atoms with Crippen LogP contribution < -0.4 is 5.32 Å². The number of rotatable bonds is 7. The molecule has 4 rings (SSSR count). The number of halogens is 1. The largest absolute Gasteiger partial charge is 0.681 e. The monoisotopic (exact) mass is 432 g/mol. The van der Waals surface area contributed by atoms with Crippen molar-refractivity contribution in [3.63, 3.8) is 0 Å². The molecule has 1 unspecified atom stereocenters. The molecule has 0 bridgehead atoms. The molecule has 1 N–H and O–H groups in total. The van der Waals surface area contributed by atoms with E-state index in [0.717, 1.165) is 50.2 Å². The van der Waals surface area contributed by atoms with Crippen LogP contribution in [0.1, 0.15) is 49.8 Å². The maximum atomic E-state index is 6.36. The smallest absolute Gasteiger partial charge is 0.0409 e. The number of pyridine rings is 1. The summed E-state index contributed by atoms with van der Waals surface area (Å²) in [7, 11) is 0. The van der Waals surface area contributed by atoms with Gasteiger partial charge in [0.2, 0.25) is 0 Å². The van der Waals surface area contributed by atoms with Crippen LogP contribution in [-0.4, -0.2) is 24.1 Å². The molecule has 31 heavy (non-hydrogen) atoms. The van der Waals surface area contributed by atoms with Crippen molar-refractivity contribution in [3.8, 4) is 0 Å². The molecule has 0 amide bonds. The Morgan fingerprint density at radius 3 is 2.94 bits per heavy atom. The zero-order valence-corrected chi connectivity index (χ0v) is 19.3. The van der Waals surface area contributed by atoms with Gasteiger partial charge in [0.25, 0.3) is 0 Å². The van der Waals surface area contributed by atoms with Gasteiger partial charge in [-0.1, -0.05) is 65.1 Å². The minimum Gasteiger partial charge on any atom is -0.681 e. The summed E-state index contributed by atoms with van der Waals surface area (Å²) < 4.78 is 0. The van der Waals surface area contributed by atoms with Gasteiger partial charge in [-0.2, -0.15) is 6.20 Å². The van der Waals surface area contributed by atoms with E-state index in [4.69, 9.17) is 16.9 Å². The molecule has 0 saturated heterocycles. The first-order chi connectivity index (χ1) is 15.2. The van der Waals surface area contributed by atoms with E-state index in [1.54, 1.807) is 0 Å². The highest BCUT2D eigenvalue weighted by molar-refractivity contribution is 6.30. The Kier molecular flexibility index (Phi) is 7.26. The molecule has 0 spiro atoms. The Morgan fingerprint density at radius 2 is 2.13 bits per heavy atom. The Hall–Kier alpha value is -2.36. The van der Waals surface area contributed by atoms with E-state index in [9.17, 15) is 0 Å². The summed E-state index contributed by atoms with van der Waals surface area (Å²) in [5.41, 5.74) is 9.52. The normalized spacial score (nSPS) is 19.4. The van der Waals surface area contributed by atoms with Crippen molar-refractivity contribution in [2.45, 2.75) is 52.0 Å². The van der Waals surface area contributed by atoms with Crippen molar-refractivity contribution in [1.82, 2.24) is 10.3 Å². The highest BCUT2D eigenvalue weighted by Crippen LogP contribution is 2.42. The summed E-state index contributed by atoms with van der Waals surface area (Å²) >= 11 is 6.36. The molecule has 162 valence electrons. The second kappa shape index (κ2) is 10.3. The molecule has 1 aliphatic carbocycles. The van der Waals surface area contributed by atoms with Gasteiger partial charge in [0.05, 0.1) is 0 Å². The van der Waals surface area contributed by atoms with Gasteiger partial charge in [0, 0.05) is 17.4 Å². The molecule has 1 atom stereocenters. The second-order valence-electron chi connectivity index (χ2n) is 8.43. The first kappa shape index (κ1) is 21.9. The molecule has 2 aliphatic rings. The van der Waals surface area contributed by atoms with Crippen molar-refractivity contribution in [3.05, 3.63) is 98.8 Å². The van der Waals surface area contributed by atoms with Gasteiger partial charge >= 0.3 is 0 Å². The number of hydrogen-bond acceptors (Lipinski definition) is 2. The summed E-state index contributed by atoms with van der Waals surface area (Å²) in [5.74, 6) is 0. The topological polar surface area (TPSA) is 39.0 Å². The number of aryl methyl sites for hydroxylation is 1. The highest BCUT2D eigenvalue weighted by Gasteiger charge is 2.23. The first-order valence-electron chi connectivity index (χ1n) is 11.3. The molecule has 0 fully saturated rings. The molecule has 1 aliphatic heterocycles. The van der Waals surface area contributed by atoms with Crippen molar-refractivity contribution in [1.29, 1.82) is 0 Å². The fourth-order valence-electron chi connectivity index (χ4n) is 4.65. The lowest BCUT2D eigenvalue weighted by molar-refractivity contribution is 0.671. The lowest BCUT2D eigenvalue weighted by atomic mass is 9.85. The van der Waals surface area contributed by atoms with Crippen LogP contribution >= 0.6 is 11.6 Å². The number of allylic oxidation sites excluding steroid dienone is 2. The fraction of sp³-hybridized carbons (Fsp3) is 0.370. The van der Waals surface area contributed by atoms with E-state index in [0.29, 0.717) is 0 Å². The molecule has 0 radical (unpaired) electrons. The summed E-state index contributed by atoms with van der Waals surface area (Å²) in [5, 5.41) is 9.44. The Balaban J connectivity index is 1.55. The molecule has 3 nitrogen and oxygen atoms in total. The summed E-state index contributed by atoms with van der Waals surface area (Å²) in [4.78, 5) is 4.20. The quantitative estimate of drug-likeness (QED) is 0.497. The second-order valence-corrected chi connectivity index (χ2v) is 8.86. The van der Waals surface area contributed by atoms with Gasteiger partial charge in [-0.15, -0.1) is 0 Å². The van der Waals surface area contributed by atoms with Crippen LogP contribution in [0, 0.1) is 0 Å². The van der Waals surface area contributed by atoms with Crippen LogP contribution in [-0.2, 0) is 12.8 Å². The van der Waals surface area contributed by atoms with E-state index in [2.05, 4.69) is 48.4 Å². The van der Waals surface area contributed by atoms with Gasteiger partial charge in [0.1, 0.15) is 0 Å². The van der Waals surface area contributed by atoms with Gasteiger partial charge in [-0.25, -0.2) is 0 Å². The van der Waals surface area contributed by atoms with E-state index in [-0.39, 0.29) is 6.04 Å². The zero-order chi connectivity index (χ0) is 21.6. The van der Waals surface area contributed by atoms with E-state index >= 15 is 0 Å². The number of benzene rings is 1. The average molecular weight is 433 g/mol. The maximum absolute atomic E-state index is 6.36. The molecule has 2 aromatic rings. The van der Waals surface area contributed by atoms with Gasteiger partial charge in [-0.05, 0) is 87.0 Å². The molecular formula is C27H31ClN3-. The molecule has 2 heterocycles. The predicted octanol–water partition coefficient (Wildman–Crippen LogP) is 6.65. The van der Waals surface area contributed by atoms with Crippen LogP contribution in [0.3, 0.4) is 0 Å². The summed E-state index contributed by atoms with van der Waals surface area (Å²) in [6.45, 7) is 6.34. The van der Waals surface area contributed by atoms with Crippen molar-refractivity contribution < 1.29 is 0 Å². The summed E-state index contributed by atoms with van der Waals surface area (Å²) in [6.07, 6.45) is 13.3. The van der Waals surface area contributed by atoms with E-state index in [1.807, 2.05) is 30.7 Å². The summed E-state index contributed by atoms with van der Waals surface area (Å²) in [6, 6.07) is 10.7. The Morgan fingerprint density at radius 1 is 1.23 bits per heavy atom. The number of nitrogens with one attached hydrogen (secondary N) is 1.